The monoisotopic (exact) mass is 376 g/mol. The molecule has 27 heavy (non-hydrogen) atoms. The Morgan fingerprint density at radius 3 is 2.70 bits per heavy atom. The topological polar surface area (TPSA) is 96.2 Å². The van der Waals surface area contributed by atoms with Crippen LogP contribution in [0.1, 0.15) is 29.9 Å². The Labute approximate surface area is 157 Å². The summed E-state index contributed by atoms with van der Waals surface area (Å²) >= 11 is 0. The van der Waals surface area contributed by atoms with Crippen LogP contribution in [0, 0.1) is 19.8 Å². The third kappa shape index (κ3) is 3.26. The quantitative estimate of drug-likeness (QED) is 0.767. The second kappa shape index (κ2) is 6.86. The van der Waals surface area contributed by atoms with Gasteiger partial charge in [0, 0.05) is 24.7 Å². The zero-order valence-corrected chi connectivity index (χ0v) is 15.6. The van der Waals surface area contributed by atoms with E-state index >= 15 is 0 Å². The number of carbonyl (C=O) groups excluding carboxylic acids is 3. The highest BCUT2D eigenvalue weighted by Gasteiger charge is 2.42. The predicted octanol–water partition coefficient (Wildman–Crippen LogP) is 0.693. The summed E-state index contributed by atoms with van der Waals surface area (Å²) in [5.41, 5.74) is 1.73. The second-order valence-corrected chi connectivity index (χ2v) is 7.53. The molecule has 2 bridgehead atoms. The van der Waals surface area contributed by atoms with Crippen molar-refractivity contribution in [2.45, 2.75) is 39.3 Å². The first kappa shape index (κ1) is 17.8. The smallest absolute Gasteiger partial charge is 0.410 e. The van der Waals surface area contributed by atoms with Crippen LogP contribution in [0.3, 0.4) is 0 Å². The molecule has 0 aliphatic carbocycles. The average Bonchev–Trinajstić information content (AvgIpc) is 3.04. The Hall–Kier alpha value is -2.58. The summed E-state index contributed by atoms with van der Waals surface area (Å²) in [5, 5.41) is 3.97. The highest BCUT2D eigenvalue weighted by Crippen LogP contribution is 2.31. The Bertz CT molecular complexity index is 756. The van der Waals surface area contributed by atoms with Crippen LogP contribution in [-0.2, 0) is 20.9 Å². The van der Waals surface area contributed by atoms with Crippen molar-refractivity contribution in [2.75, 3.05) is 32.8 Å². The first-order valence-electron chi connectivity index (χ1n) is 9.35. The lowest BCUT2D eigenvalue weighted by Crippen LogP contribution is -2.48. The molecule has 0 radical (unpaired) electrons. The van der Waals surface area contributed by atoms with Crippen LogP contribution < -0.4 is 0 Å². The molecular formula is C18H24N4O5. The summed E-state index contributed by atoms with van der Waals surface area (Å²) in [7, 11) is 0. The Morgan fingerprint density at radius 1 is 1.22 bits per heavy atom. The first-order valence-corrected chi connectivity index (χ1v) is 9.35. The molecule has 1 aromatic rings. The van der Waals surface area contributed by atoms with Gasteiger partial charge < -0.3 is 19.1 Å². The number of cyclic esters (lactones) is 1. The van der Waals surface area contributed by atoms with E-state index in [1.165, 1.54) is 4.90 Å². The molecule has 4 aliphatic rings. The SMILES string of the molecule is Cc1noc(C)c1CN1C(=O)C2CCC1CN(C(=O)CN1CCOC1=O)C2. The molecule has 0 N–H and O–H groups in total. The van der Waals surface area contributed by atoms with Gasteiger partial charge in [0.2, 0.25) is 11.8 Å². The van der Waals surface area contributed by atoms with Crippen LogP contribution in [0.4, 0.5) is 4.79 Å². The molecule has 4 saturated heterocycles. The van der Waals surface area contributed by atoms with Crippen LogP contribution in [-0.4, -0.2) is 76.6 Å². The molecule has 146 valence electrons. The summed E-state index contributed by atoms with van der Waals surface area (Å²) < 4.78 is 10.1. The number of piperidine rings is 1. The van der Waals surface area contributed by atoms with Crippen molar-refractivity contribution in [3.8, 4) is 0 Å². The van der Waals surface area contributed by atoms with E-state index < -0.39 is 6.09 Å². The number of nitrogens with zero attached hydrogens (tertiary/aromatic N) is 4. The van der Waals surface area contributed by atoms with Crippen molar-refractivity contribution in [2.24, 2.45) is 5.92 Å². The lowest BCUT2D eigenvalue weighted by Gasteiger charge is -2.35. The Kier molecular flexibility index (Phi) is 4.53. The van der Waals surface area contributed by atoms with Gasteiger partial charge in [-0.05, 0) is 26.7 Å². The summed E-state index contributed by atoms with van der Waals surface area (Å²) in [6.07, 6.45) is 1.21. The van der Waals surface area contributed by atoms with Crippen molar-refractivity contribution < 1.29 is 23.6 Å². The van der Waals surface area contributed by atoms with Gasteiger partial charge in [0.25, 0.3) is 0 Å². The summed E-state index contributed by atoms with van der Waals surface area (Å²) in [5.74, 6) is 0.486. The van der Waals surface area contributed by atoms with Crippen molar-refractivity contribution in [1.29, 1.82) is 0 Å². The second-order valence-electron chi connectivity index (χ2n) is 7.53. The molecule has 2 atom stereocenters. The molecule has 9 heteroatoms. The minimum absolute atomic E-state index is 0.0102. The number of aryl methyl sites for hydroxylation is 2. The highest BCUT2D eigenvalue weighted by molar-refractivity contribution is 5.85. The molecule has 0 spiro atoms. The standard InChI is InChI=1S/C18H24N4O5/c1-11-15(12(2)27-19-11)9-22-14-4-3-13(17(22)24)7-21(8-14)16(23)10-20-5-6-26-18(20)25/h13-14H,3-10H2,1-2H3. The van der Waals surface area contributed by atoms with Crippen LogP contribution in [0.5, 0.6) is 0 Å². The van der Waals surface area contributed by atoms with Gasteiger partial charge in [0.1, 0.15) is 18.9 Å². The van der Waals surface area contributed by atoms with Gasteiger partial charge in [-0.2, -0.15) is 0 Å². The van der Waals surface area contributed by atoms with Crippen molar-refractivity contribution >= 4 is 17.9 Å². The highest BCUT2D eigenvalue weighted by atomic mass is 16.6. The van der Waals surface area contributed by atoms with Crippen molar-refractivity contribution in [3.63, 3.8) is 0 Å². The predicted molar refractivity (Wildman–Crippen MR) is 92.5 cm³/mol. The Morgan fingerprint density at radius 2 is 2.04 bits per heavy atom. The molecule has 9 nitrogen and oxygen atoms in total. The van der Waals surface area contributed by atoms with Gasteiger partial charge in [-0.3, -0.25) is 14.5 Å². The maximum atomic E-state index is 13.0. The zero-order chi connectivity index (χ0) is 19.1. The number of rotatable bonds is 4. The number of amides is 3. The average molecular weight is 376 g/mol. The third-order valence-electron chi connectivity index (χ3n) is 5.83. The van der Waals surface area contributed by atoms with Crippen LogP contribution in [0.25, 0.3) is 0 Å². The van der Waals surface area contributed by atoms with E-state index in [1.54, 1.807) is 4.90 Å². The lowest BCUT2D eigenvalue weighted by atomic mass is 9.93. The minimum atomic E-state index is -0.447. The fraction of sp³-hybridized carbons (Fsp3) is 0.667. The number of aromatic nitrogens is 1. The number of fused-ring (bicyclic) bond motifs is 4. The summed E-state index contributed by atoms with van der Waals surface area (Å²) in [6.45, 7) is 5.85. The van der Waals surface area contributed by atoms with Crippen LogP contribution in [0.2, 0.25) is 0 Å². The lowest BCUT2D eigenvalue weighted by molar-refractivity contribution is -0.140. The van der Waals surface area contributed by atoms with E-state index in [0.717, 1.165) is 29.9 Å². The maximum absolute atomic E-state index is 13.0. The summed E-state index contributed by atoms with van der Waals surface area (Å²) in [4.78, 5) is 42.3. The van der Waals surface area contributed by atoms with E-state index in [1.807, 2.05) is 18.7 Å². The molecule has 4 aliphatic heterocycles. The maximum Gasteiger partial charge on any atom is 0.410 e. The van der Waals surface area contributed by atoms with Crippen molar-refractivity contribution in [3.05, 3.63) is 17.0 Å². The van der Waals surface area contributed by atoms with Gasteiger partial charge >= 0.3 is 6.09 Å². The summed E-state index contributed by atoms with van der Waals surface area (Å²) in [6, 6.07) is -0.0283. The third-order valence-corrected chi connectivity index (χ3v) is 5.83. The van der Waals surface area contributed by atoms with Gasteiger partial charge in [-0.25, -0.2) is 4.79 Å². The van der Waals surface area contributed by atoms with E-state index in [9.17, 15) is 14.4 Å². The fourth-order valence-electron chi connectivity index (χ4n) is 4.18. The van der Waals surface area contributed by atoms with E-state index in [-0.39, 0.29) is 30.3 Å². The number of carbonyl (C=O) groups is 3. The molecule has 1 aromatic heterocycles. The molecule has 0 saturated carbocycles. The minimum Gasteiger partial charge on any atom is -0.448 e. The molecule has 0 aromatic carbocycles. The zero-order valence-electron chi connectivity index (χ0n) is 15.6. The molecule has 5 rings (SSSR count). The van der Waals surface area contributed by atoms with Crippen molar-refractivity contribution in [1.82, 2.24) is 19.9 Å². The largest absolute Gasteiger partial charge is 0.448 e. The van der Waals surface area contributed by atoms with Crippen LogP contribution in [0.15, 0.2) is 4.52 Å². The van der Waals surface area contributed by atoms with E-state index in [2.05, 4.69) is 5.16 Å². The number of hydrogen-bond acceptors (Lipinski definition) is 6. The number of ether oxygens (including phenoxy) is 1. The molecule has 5 heterocycles. The normalized spacial score (nSPS) is 25.2. The van der Waals surface area contributed by atoms with Crippen LogP contribution >= 0.6 is 0 Å². The van der Waals surface area contributed by atoms with Gasteiger partial charge in [0.15, 0.2) is 0 Å². The van der Waals surface area contributed by atoms with Gasteiger partial charge in [-0.15, -0.1) is 0 Å². The van der Waals surface area contributed by atoms with E-state index in [0.29, 0.717) is 32.8 Å². The van der Waals surface area contributed by atoms with Gasteiger partial charge in [0.05, 0.1) is 24.7 Å². The Balaban J connectivity index is 1.48. The van der Waals surface area contributed by atoms with Gasteiger partial charge in [-0.1, -0.05) is 5.16 Å². The molecule has 2 unspecified atom stereocenters. The first-order chi connectivity index (χ1) is 12.9. The molecular weight excluding hydrogens is 352 g/mol. The number of hydrogen-bond donors (Lipinski definition) is 0. The molecule has 3 amide bonds. The molecule has 4 fully saturated rings. The van der Waals surface area contributed by atoms with E-state index in [4.69, 9.17) is 9.26 Å². The fourth-order valence-corrected chi connectivity index (χ4v) is 4.18.